The summed E-state index contributed by atoms with van der Waals surface area (Å²) in [6.07, 6.45) is 5.32. The molecule has 0 radical (unpaired) electrons. The number of anilines is 2. The Kier molecular flexibility index (Phi) is 5.12. The Balaban J connectivity index is 1.40. The van der Waals surface area contributed by atoms with E-state index in [-0.39, 0.29) is 12.5 Å². The molecule has 1 aliphatic rings. The molecule has 1 N–H and O–H groups in total. The van der Waals surface area contributed by atoms with Gasteiger partial charge in [0.05, 0.1) is 11.9 Å². The number of aromatic nitrogens is 5. The molecule has 168 valence electrons. The number of hydrogen-bond donors (Lipinski definition) is 1. The molecule has 0 saturated heterocycles. The molecule has 8 nitrogen and oxygen atoms in total. The molecule has 4 aromatic rings. The Bertz CT molecular complexity index is 1360. The second-order valence-electron chi connectivity index (χ2n) is 7.97. The first-order chi connectivity index (χ1) is 15.9. The molecule has 0 aliphatic carbocycles. The third-order valence-corrected chi connectivity index (χ3v) is 5.68. The van der Waals surface area contributed by atoms with E-state index in [0.717, 1.165) is 34.8 Å². The van der Waals surface area contributed by atoms with Crippen molar-refractivity contribution >= 4 is 17.7 Å². The quantitative estimate of drug-likeness (QED) is 0.503. The van der Waals surface area contributed by atoms with Crippen molar-refractivity contribution in [3.05, 3.63) is 77.4 Å². The number of fused-ring (bicyclic) bond motifs is 1. The average Bonchev–Trinajstić information content (AvgIpc) is 3.41. The largest absolute Gasteiger partial charge is 0.341 e. The van der Waals surface area contributed by atoms with Gasteiger partial charge < -0.3 is 14.8 Å². The van der Waals surface area contributed by atoms with Crippen molar-refractivity contribution in [3.63, 3.8) is 0 Å². The number of nitrogens with zero attached hydrogens (tertiary/aromatic N) is 6. The summed E-state index contributed by atoms with van der Waals surface area (Å²) >= 11 is 0. The zero-order valence-electron chi connectivity index (χ0n) is 18.1. The van der Waals surface area contributed by atoms with E-state index >= 15 is 0 Å². The lowest BCUT2D eigenvalue weighted by molar-refractivity contribution is 0.0690. The normalized spacial score (nSPS) is 13.3. The van der Waals surface area contributed by atoms with Gasteiger partial charge in [-0.2, -0.15) is 5.10 Å². The fraction of sp³-hybridized carbons (Fsp3) is 0.217. The first-order valence-corrected chi connectivity index (χ1v) is 10.4. The lowest BCUT2D eigenvalue weighted by Crippen LogP contribution is -2.39. The van der Waals surface area contributed by atoms with E-state index in [4.69, 9.17) is 0 Å². The van der Waals surface area contributed by atoms with Gasteiger partial charge in [0.2, 0.25) is 5.95 Å². The Hall–Kier alpha value is -4.08. The van der Waals surface area contributed by atoms with E-state index in [1.807, 2.05) is 36.9 Å². The summed E-state index contributed by atoms with van der Waals surface area (Å²) in [5, 5.41) is 7.27. The van der Waals surface area contributed by atoms with E-state index in [0.29, 0.717) is 30.3 Å². The van der Waals surface area contributed by atoms with Crippen LogP contribution in [0.15, 0.2) is 48.9 Å². The van der Waals surface area contributed by atoms with Crippen LogP contribution in [0.2, 0.25) is 0 Å². The van der Waals surface area contributed by atoms with Crippen LogP contribution in [0.25, 0.3) is 11.3 Å². The molecule has 0 saturated carbocycles. The summed E-state index contributed by atoms with van der Waals surface area (Å²) < 4.78 is 30.4. The Morgan fingerprint density at radius 3 is 2.73 bits per heavy atom. The van der Waals surface area contributed by atoms with Crippen LogP contribution in [0, 0.1) is 18.6 Å². The van der Waals surface area contributed by atoms with Crippen LogP contribution >= 0.6 is 0 Å². The van der Waals surface area contributed by atoms with E-state index in [9.17, 15) is 13.6 Å². The maximum absolute atomic E-state index is 13.6. The third-order valence-electron chi connectivity index (χ3n) is 5.68. The van der Waals surface area contributed by atoms with Crippen LogP contribution in [0.5, 0.6) is 0 Å². The molecule has 0 fully saturated rings. The second kappa shape index (κ2) is 8.12. The van der Waals surface area contributed by atoms with Gasteiger partial charge >= 0.3 is 0 Å². The SMILES string of the molecule is Cc1cnc(Nc2ccnn2C)nc1-c1cc2n(c1)CCN(Cc1ccc(F)c(F)c1)C2=O. The highest BCUT2D eigenvalue weighted by Crippen LogP contribution is 2.28. The van der Waals surface area contributed by atoms with Gasteiger partial charge in [-0.1, -0.05) is 6.07 Å². The van der Waals surface area contributed by atoms with Crippen LogP contribution in [0.4, 0.5) is 20.5 Å². The van der Waals surface area contributed by atoms with Gasteiger partial charge in [-0.05, 0) is 36.2 Å². The topological polar surface area (TPSA) is 80.9 Å². The predicted octanol–water partition coefficient (Wildman–Crippen LogP) is 3.66. The average molecular weight is 449 g/mol. The molecule has 1 amide bonds. The number of halogens is 2. The van der Waals surface area contributed by atoms with Crippen LogP contribution in [-0.4, -0.2) is 41.7 Å². The molecule has 5 rings (SSSR count). The van der Waals surface area contributed by atoms with E-state index < -0.39 is 11.6 Å². The lowest BCUT2D eigenvalue weighted by atomic mass is 10.1. The molecule has 0 bridgehead atoms. The predicted molar refractivity (Wildman–Crippen MR) is 118 cm³/mol. The smallest absolute Gasteiger partial charge is 0.270 e. The number of rotatable bonds is 5. The first kappa shape index (κ1) is 20.8. The minimum Gasteiger partial charge on any atom is -0.341 e. The minimum atomic E-state index is -0.919. The number of benzene rings is 1. The summed E-state index contributed by atoms with van der Waals surface area (Å²) in [4.78, 5) is 23.7. The van der Waals surface area contributed by atoms with Crippen molar-refractivity contribution in [3.8, 4) is 11.3 Å². The highest BCUT2D eigenvalue weighted by Gasteiger charge is 2.26. The van der Waals surface area contributed by atoms with E-state index in [2.05, 4.69) is 20.4 Å². The molecule has 1 aromatic carbocycles. The lowest BCUT2D eigenvalue weighted by Gasteiger charge is -2.28. The maximum atomic E-state index is 13.6. The number of carbonyl (C=O) groups excluding carboxylic acids is 1. The minimum absolute atomic E-state index is 0.169. The summed E-state index contributed by atoms with van der Waals surface area (Å²) in [5.74, 6) is -0.812. The van der Waals surface area contributed by atoms with Gasteiger partial charge in [-0.15, -0.1) is 0 Å². The highest BCUT2D eigenvalue weighted by molar-refractivity contribution is 5.95. The Morgan fingerprint density at radius 2 is 1.97 bits per heavy atom. The molecule has 0 unspecified atom stereocenters. The number of aryl methyl sites for hydroxylation is 2. The summed E-state index contributed by atoms with van der Waals surface area (Å²) in [7, 11) is 1.82. The number of hydrogen-bond acceptors (Lipinski definition) is 5. The standard InChI is InChI=1S/C23H21F2N7O/c1-14-11-26-23(28-20-5-6-27-30(20)2)29-21(14)16-10-19-22(33)32(8-7-31(19)13-16)12-15-3-4-17(24)18(25)9-15/h3-6,9-11,13H,7-8,12H2,1-2H3,(H,26,28,29). The first-order valence-electron chi connectivity index (χ1n) is 10.4. The number of carbonyl (C=O) groups is 1. The molecular formula is C23H21F2N7O. The molecular weight excluding hydrogens is 428 g/mol. The fourth-order valence-corrected chi connectivity index (χ4v) is 3.91. The fourth-order valence-electron chi connectivity index (χ4n) is 3.91. The van der Waals surface area contributed by atoms with Crippen molar-refractivity contribution < 1.29 is 13.6 Å². The van der Waals surface area contributed by atoms with E-state index in [1.54, 1.807) is 22.0 Å². The monoisotopic (exact) mass is 449 g/mol. The van der Waals surface area contributed by atoms with Crippen LogP contribution in [-0.2, 0) is 20.1 Å². The molecule has 0 spiro atoms. The highest BCUT2D eigenvalue weighted by atomic mass is 19.2. The summed E-state index contributed by atoms with van der Waals surface area (Å²) in [5.41, 5.74) is 3.47. The van der Waals surface area contributed by atoms with Crippen molar-refractivity contribution in [1.82, 2.24) is 29.2 Å². The number of nitrogens with one attached hydrogen (secondary N) is 1. The summed E-state index contributed by atoms with van der Waals surface area (Å²) in [6, 6.07) is 7.33. The van der Waals surface area contributed by atoms with Gasteiger partial charge in [0.25, 0.3) is 5.91 Å². The Labute approximate surface area is 188 Å². The van der Waals surface area contributed by atoms with E-state index in [1.165, 1.54) is 6.07 Å². The molecule has 33 heavy (non-hydrogen) atoms. The summed E-state index contributed by atoms with van der Waals surface area (Å²) in [6.45, 7) is 3.18. The van der Waals surface area contributed by atoms with Gasteiger partial charge in [0.15, 0.2) is 11.6 Å². The maximum Gasteiger partial charge on any atom is 0.270 e. The van der Waals surface area contributed by atoms with Crippen molar-refractivity contribution in [2.75, 3.05) is 11.9 Å². The molecule has 10 heteroatoms. The van der Waals surface area contributed by atoms with Crippen molar-refractivity contribution in [2.24, 2.45) is 7.05 Å². The van der Waals surface area contributed by atoms with Gasteiger partial charge in [0, 0.05) is 50.7 Å². The molecule has 1 aliphatic heterocycles. The molecule has 4 heterocycles. The Morgan fingerprint density at radius 1 is 1.12 bits per heavy atom. The molecule has 3 aromatic heterocycles. The van der Waals surface area contributed by atoms with Crippen LogP contribution < -0.4 is 5.32 Å². The van der Waals surface area contributed by atoms with Gasteiger partial charge in [0.1, 0.15) is 11.5 Å². The zero-order chi connectivity index (χ0) is 23.1. The van der Waals surface area contributed by atoms with Crippen molar-refractivity contribution in [1.29, 1.82) is 0 Å². The molecule has 0 atom stereocenters. The van der Waals surface area contributed by atoms with Crippen LogP contribution in [0.3, 0.4) is 0 Å². The zero-order valence-corrected chi connectivity index (χ0v) is 18.1. The second-order valence-corrected chi connectivity index (χ2v) is 7.97. The van der Waals surface area contributed by atoms with Gasteiger partial charge in [-0.3, -0.25) is 9.48 Å². The van der Waals surface area contributed by atoms with Crippen LogP contribution in [0.1, 0.15) is 21.6 Å². The van der Waals surface area contributed by atoms with Gasteiger partial charge in [-0.25, -0.2) is 18.7 Å². The van der Waals surface area contributed by atoms with Crippen molar-refractivity contribution in [2.45, 2.75) is 20.0 Å². The number of amides is 1. The third kappa shape index (κ3) is 3.95.